The second kappa shape index (κ2) is 4.49. The smallest absolute Gasteiger partial charge is 0.122 e. The number of fused-ring (bicyclic) bond motifs is 1. The van der Waals surface area contributed by atoms with Gasteiger partial charge in [0.25, 0.3) is 0 Å². The average molecular weight is 203 g/mol. The maximum Gasteiger partial charge on any atom is 0.122 e. The van der Waals surface area contributed by atoms with E-state index in [9.17, 15) is 0 Å². The summed E-state index contributed by atoms with van der Waals surface area (Å²) in [7, 11) is 1.74. The molecule has 2 heteroatoms. The van der Waals surface area contributed by atoms with Gasteiger partial charge in [-0.15, -0.1) is 0 Å². The van der Waals surface area contributed by atoms with Crippen molar-refractivity contribution in [3.63, 3.8) is 0 Å². The second-order valence-corrected chi connectivity index (χ2v) is 3.81. The van der Waals surface area contributed by atoms with Crippen LogP contribution >= 0.6 is 0 Å². The highest BCUT2D eigenvalue weighted by molar-refractivity contribution is 5.60. The summed E-state index contributed by atoms with van der Waals surface area (Å²) < 4.78 is 5.37. The van der Waals surface area contributed by atoms with Crippen LogP contribution in [0.2, 0.25) is 0 Å². The lowest BCUT2D eigenvalue weighted by atomic mass is 10.0. The summed E-state index contributed by atoms with van der Waals surface area (Å²) in [4.78, 5) is 0. The van der Waals surface area contributed by atoms with E-state index in [2.05, 4.69) is 18.2 Å². The van der Waals surface area contributed by atoms with E-state index in [0.29, 0.717) is 6.54 Å². The highest BCUT2D eigenvalue weighted by Gasteiger charge is 2.17. The first-order valence-corrected chi connectivity index (χ1v) is 5.42. The Morgan fingerprint density at radius 3 is 2.87 bits per heavy atom. The highest BCUT2D eigenvalue weighted by atomic mass is 16.5. The summed E-state index contributed by atoms with van der Waals surface area (Å²) in [5.74, 6) is 1.03. The number of hydrogen-bond acceptors (Lipinski definition) is 2. The summed E-state index contributed by atoms with van der Waals surface area (Å²) in [5.41, 5.74) is 9.60. The standard InChI is InChI=1S/C13H17NO/c1-15-13-8-7-10(4-3-9-14)11-5-2-6-12(11)13/h3-4,7-8H,2,5-6,9,14H2,1H3/b4-3+. The second-order valence-electron chi connectivity index (χ2n) is 3.81. The molecule has 0 atom stereocenters. The van der Waals surface area contributed by atoms with E-state index in [1.54, 1.807) is 7.11 Å². The molecule has 80 valence electrons. The Labute approximate surface area is 90.7 Å². The van der Waals surface area contributed by atoms with Crippen LogP contribution in [-0.4, -0.2) is 13.7 Å². The van der Waals surface area contributed by atoms with Crippen molar-refractivity contribution in [1.29, 1.82) is 0 Å². The van der Waals surface area contributed by atoms with Crippen LogP contribution in [0.15, 0.2) is 18.2 Å². The number of nitrogens with two attached hydrogens (primary N) is 1. The van der Waals surface area contributed by atoms with E-state index in [1.165, 1.54) is 23.1 Å². The Kier molecular flexibility index (Phi) is 3.07. The first-order valence-electron chi connectivity index (χ1n) is 5.42. The molecule has 0 unspecified atom stereocenters. The molecule has 0 heterocycles. The van der Waals surface area contributed by atoms with Gasteiger partial charge in [0.15, 0.2) is 0 Å². The Balaban J connectivity index is 2.42. The Hall–Kier alpha value is -1.28. The quantitative estimate of drug-likeness (QED) is 0.817. The number of hydrogen-bond donors (Lipinski definition) is 1. The molecule has 2 rings (SSSR count). The van der Waals surface area contributed by atoms with Crippen molar-refractivity contribution >= 4 is 6.08 Å². The topological polar surface area (TPSA) is 35.2 Å². The Morgan fingerprint density at radius 2 is 2.13 bits per heavy atom. The van der Waals surface area contributed by atoms with Gasteiger partial charge in [-0.3, -0.25) is 0 Å². The molecule has 1 aromatic carbocycles. The van der Waals surface area contributed by atoms with Crippen LogP contribution < -0.4 is 10.5 Å². The molecule has 2 nitrogen and oxygen atoms in total. The fourth-order valence-electron chi connectivity index (χ4n) is 2.24. The number of methoxy groups -OCH3 is 1. The molecule has 0 aromatic heterocycles. The Bertz CT molecular complexity index is 382. The van der Waals surface area contributed by atoms with Gasteiger partial charge < -0.3 is 10.5 Å². The third kappa shape index (κ3) is 1.90. The lowest BCUT2D eigenvalue weighted by Crippen LogP contribution is -1.95. The summed E-state index contributed by atoms with van der Waals surface area (Å²) in [6, 6.07) is 4.18. The minimum atomic E-state index is 0.598. The van der Waals surface area contributed by atoms with Crippen molar-refractivity contribution < 1.29 is 4.74 Å². The van der Waals surface area contributed by atoms with Crippen LogP contribution in [0.5, 0.6) is 5.75 Å². The van der Waals surface area contributed by atoms with E-state index in [0.717, 1.165) is 18.6 Å². The maximum absolute atomic E-state index is 5.47. The molecule has 0 aliphatic heterocycles. The molecular formula is C13H17NO. The van der Waals surface area contributed by atoms with Gasteiger partial charge in [0, 0.05) is 6.54 Å². The van der Waals surface area contributed by atoms with Gasteiger partial charge in [-0.05, 0) is 42.0 Å². The van der Waals surface area contributed by atoms with Crippen molar-refractivity contribution in [3.8, 4) is 5.75 Å². The van der Waals surface area contributed by atoms with Crippen LogP contribution in [0, 0.1) is 0 Å². The molecule has 1 aliphatic carbocycles. The van der Waals surface area contributed by atoms with E-state index in [1.807, 2.05) is 6.08 Å². The fraction of sp³-hybridized carbons (Fsp3) is 0.385. The Morgan fingerprint density at radius 1 is 1.33 bits per heavy atom. The molecule has 0 spiro atoms. The van der Waals surface area contributed by atoms with E-state index < -0.39 is 0 Å². The van der Waals surface area contributed by atoms with Crippen LogP contribution in [0.1, 0.15) is 23.1 Å². The van der Waals surface area contributed by atoms with Crippen LogP contribution in [0.4, 0.5) is 0 Å². The van der Waals surface area contributed by atoms with Crippen molar-refractivity contribution in [2.45, 2.75) is 19.3 Å². The van der Waals surface area contributed by atoms with Gasteiger partial charge in [-0.25, -0.2) is 0 Å². The third-order valence-electron chi connectivity index (χ3n) is 2.93. The SMILES string of the molecule is COc1ccc(/C=C/CN)c2c1CCC2. The predicted molar refractivity (Wildman–Crippen MR) is 63.1 cm³/mol. The van der Waals surface area contributed by atoms with E-state index in [4.69, 9.17) is 10.5 Å². The predicted octanol–water partition coefficient (Wildman–Crippen LogP) is 2.16. The zero-order valence-electron chi connectivity index (χ0n) is 9.12. The molecule has 0 saturated heterocycles. The molecule has 1 aliphatic rings. The molecule has 0 bridgehead atoms. The summed E-state index contributed by atoms with van der Waals surface area (Å²) in [5, 5.41) is 0. The van der Waals surface area contributed by atoms with Crippen molar-refractivity contribution in [2.75, 3.05) is 13.7 Å². The van der Waals surface area contributed by atoms with E-state index in [-0.39, 0.29) is 0 Å². The number of benzene rings is 1. The molecule has 2 N–H and O–H groups in total. The lowest BCUT2D eigenvalue weighted by molar-refractivity contribution is 0.410. The molecule has 0 amide bonds. The first-order chi connectivity index (χ1) is 7.36. The van der Waals surface area contributed by atoms with Gasteiger partial charge in [0.05, 0.1) is 7.11 Å². The molecule has 0 radical (unpaired) electrons. The van der Waals surface area contributed by atoms with Crippen LogP contribution in [-0.2, 0) is 12.8 Å². The zero-order chi connectivity index (χ0) is 10.7. The van der Waals surface area contributed by atoms with Crippen molar-refractivity contribution in [1.82, 2.24) is 0 Å². The minimum absolute atomic E-state index is 0.598. The number of ether oxygens (including phenoxy) is 1. The molecular weight excluding hydrogens is 186 g/mol. The largest absolute Gasteiger partial charge is 0.496 e. The molecule has 0 fully saturated rings. The van der Waals surface area contributed by atoms with Gasteiger partial charge in [-0.2, -0.15) is 0 Å². The van der Waals surface area contributed by atoms with Crippen molar-refractivity contribution in [3.05, 3.63) is 34.9 Å². The maximum atomic E-state index is 5.47. The average Bonchev–Trinajstić information content (AvgIpc) is 2.74. The number of rotatable bonds is 3. The minimum Gasteiger partial charge on any atom is -0.496 e. The summed E-state index contributed by atoms with van der Waals surface area (Å²) in [6.45, 7) is 0.598. The molecule has 1 aromatic rings. The summed E-state index contributed by atoms with van der Waals surface area (Å²) in [6.07, 6.45) is 7.66. The molecule has 15 heavy (non-hydrogen) atoms. The zero-order valence-corrected chi connectivity index (χ0v) is 9.12. The normalized spacial score (nSPS) is 14.5. The lowest BCUT2D eigenvalue weighted by Gasteiger charge is -2.09. The first kappa shape index (κ1) is 10.2. The monoisotopic (exact) mass is 203 g/mol. The molecule has 0 saturated carbocycles. The van der Waals surface area contributed by atoms with Gasteiger partial charge >= 0.3 is 0 Å². The fourth-order valence-corrected chi connectivity index (χ4v) is 2.24. The van der Waals surface area contributed by atoms with Crippen LogP contribution in [0.25, 0.3) is 6.08 Å². The highest BCUT2D eigenvalue weighted by Crippen LogP contribution is 2.33. The van der Waals surface area contributed by atoms with Gasteiger partial charge in [-0.1, -0.05) is 18.2 Å². The summed E-state index contributed by atoms with van der Waals surface area (Å²) >= 11 is 0. The third-order valence-corrected chi connectivity index (χ3v) is 2.93. The van der Waals surface area contributed by atoms with Crippen LogP contribution in [0.3, 0.4) is 0 Å². The van der Waals surface area contributed by atoms with E-state index >= 15 is 0 Å². The van der Waals surface area contributed by atoms with Crippen molar-refractivity contribution in [2.24, 2.45) is 5.73 Å². The van der Waals surface area contributed by atoms with Gasteiger partial charge in [0.1, 0.15) is 5.75 Å². The van der Waals surface area contributed by atoms with Gasteiger partial charge in [0.2, 0.25) is 0 Å².